The molecule has 2 aromatic rings. The number of nitrogens with zero attached hydrogens (tertiary/aromatic N) is 4. The zero-order valence-corrected chi connectivity index (χ0v) is 11.5. The van der Waals surface area contributed by atoms with E-state index in [9.17, 15) is 19.0 Å². The first-order valence-corrected chi connectivity index (χ1v) is 6.50. The van der Waals surface area contributed by atoms with E-state index >= 15 is 0 Å². The monoisotopic (exact) mass is 333 g/mol. The van der Waals surface area contributed by atoms with Crippen LogP contribution in [0.2, 0.25) is 0 Å². The number of aliphatic hydroxyl groups excluding tert-OH is 3. The minimum absolute atomic E-state index is 0.0250. The van der Waals surface area contributed by atoms with Crippen molar-refractivity contribution in [1.29, 1.82) is 0 Å². The van der Waals surface area contributed by atoms with Crippen molar-refractivity contribution in [2.75, 3.05) is 12.3 Å². The van der Waals surface area contributed by atoms with Crippen molar-refractivity contribution in [3.8, 4) is 5.88 Å². The third-order valence-electron chi connectivity index (χ3n) is 3.44. The molecule has 1 saturated heterocycles. The second-order valence-electron chi connectivity index (χ2n) is 4.81. The fourth-order valence-corrected chi connectivity index (χ4v) is 2.39. The lowest BCUT2D eigenvalue weighted by molar-refractivity contribution is -0.0643. The van der Waals surface area contributed by atoms with Crippen molar-refractivity contribution in [2.24, 2.45) is 0 Å². The highest BCUT2D eigenvalue weighted by Crippen LogP contribution is 2.35. The molecule has 1 fully saturated rings. The third kappa shape index (κ3) is 2.55. The second-order valence-corrected chi connectivity index (χ2v) is 4.81. The Kier molecular flexibility index (Phi) is 3.97. The number of anilines is 1. The van der Waals surface area contributed by atoms with Gasteiger partial charge in [-0.3, -0.25) is 0 Å². The summed E-state index contributed by atoms with van der Waals surface area (Å²) in [4.78, 5) is 7.55. The third-order valence-corrected chi connectivity index (χ3v) is 3.44. The van der Waals surface area contributed by atoms with Crippen molar-refractivity contribution in [2.45, 2.75) is 31.2 Å². The number of hydrogen-bond donors (Lipinski definition) is 4. The van der Waals surface area contributed by atoms with E-state index in [1.807, 2.05) is 0 Å². The number of aromatic nitrogens is 4. The number of nitrogens with two attached hydrogens (primary N) is 1. The Morgan fingerprint density at radius 1 is 1.35 bits per heavy atom. The topological polar surface area (TPSA) is 149 Å². The number of halogens is 2. The fourth-order valence-electron chi connectivity index (χ4n) is 2.39. The number of alkyl halides is 2. The summed E-state index contributed by atoms with van der Waals surface area (Å²) >= 11 is 0. The average Bonchev–Trinajstić information content (AvgIpc) is 2.99. The first-order chi connectivity index (χ1) is 10.9. The highest BCUT2D eigenvalue weighted by atomic mass is 19.3. The lowest BCUT2D eigenvalue weighted by Crippen LogP contribution is -2.33. The van der Waals surface area contributed by atoms with Gasteiger partial charge in [-0.1, -0.05) is 0 Å². The Morgan fingerprint density at radius 3 is 2.70 bits per heavy atom. The van der Waals surface area contributed by atoms with Crippen LogP contribution in [0.4, 0.5) is 14.6 Å². The maximum absolute atomic E-state index is 12.5. The molecule has 3 rings (SSSR count). The molecule has 0 saturated carbocycles. The van der Waals surface area contributed by atoms with Gasteiger partial charge in [-0.15, -0.1) is 5.10 Å². The summed E-state index contributed by atoms with van der Waals surface area (Å²) in [5.74, 6) is -0.686. The molecule has 12 heteroatoms. The molecule has 4 atom stereocenters. The molecule has 0 radical (unpaired) electrons. The van der Waals surface area contributed by atoms with Gasteiger partial charge in [0.05, 0.1) is 6.61 Å². The van der Waals surface area contributed by atoms with Crippen LogP contribution in [0.1, 0.15) is 6.23 Å². The predicted octanol–water partition coefficient (Wildman–Crippen LogP) is -1.38. The molecule has 1 unspecified atom stereocenters. The van der Waals surface area contributed by atoms with E-state index in [0.717, 1.165) is 11.0 Å². The van der Waals surface area contributed by atoms with Gasteiger partial charge < -0.3 is 30.5 Å². The van der Waals surface area contributed by atoms with Crippen LogP contribution >= 0.6 is 0 Å². The van der Waals surface area contributed by atoms with Gasteiger partial charge in [0.2, 0.25) is 0 Å². The zero-order valence-electron chi connectivity index (χ0n) is 11.5. The molecule has 0 spiro atoms. The summed E-state index contributed by atoms with van der Waals surface area (Å²) in [7, 11) is 0. The molecule has 2 aromatic heterocycles. The maximum Gasteiger partial charge on any atom is 0.388 e. The van der Waals surface area contributed by atoms with Crippen molar-refractivity contribution < 1.29 is 33.6 Å². The molecule has 0 amide bonds. The molecule has 0 aromatic carbocycles. The molecule has 1 aliphatic heterocycles. The van der Waals surface area contributed by atoms with Crippen LogP contribution in [-0.2, 0) is 4.74 Å². The minimum Gasteiger partial charge on any atom is -0.414 e. The van der Waals surface area contributed by atoms with Crippen LogP contribution in [-0.4, -0.2) is 66.6 Å². The van der Waals surface area contributed by atoms with Gasteiger partial charge in [-0.05, 0) is 0 Å². The summed E-state index contributed by atoms with van der Waals surface area (Å²) in [6.07, 6.45) is -4.11. The number of rotatable bonds is 4. The van der Waals surface area contributed by atoms with Crippen molar-refractivity contribution >= 4 is 16.9 Å². The van der Waals surface area contributed by atoms with Gasteiger partial charge in [-0.2, -0.15) is 8.78 Å². The van der Waals surface area contributed by atoms with Crippen LogP contribution in [0, 0.1) is 0 Å². The van der Waals surface area contributed by atoms with E-state index in [0.29, 0.717) is 0 Å². The van der Waals surface area contributed by atoms with Crippen molar-refractivity contribution in [3.63, 3.8) is 0 Å². The molecule has 10 nitrogen and oxygen atoms in total. The first kappa shape index (κ1) is 15.7. The molecular formula is C11H13F2N5O5. The first-order valence-electron chi connectivity index (χ1n) is 6.50. The Bertz CT molecular complexity index is 713. The van der Waals surface area contributed by atoms with Crippen LogP contribution < -0.4 is 10.5 Å². The standard InChI is InChI=1S/C11H13F2N5O5/c12-11(13)23-9-4-7(14)15-2-16-8(4)18(17-9)10-6(21)5(20)3(1-19)22-10/h2-3,5-6,10-11,19-21H,1H2,(H2,14,15,16)/t3-,5?,6-,10-/m1/s1. The van der Waals surface area contributed by atoms with Gasteiger partial charge >= 0.3 is 6.61 Å². The van der Waals surface area contributed by atoms with Gasteiger partial charge in [-0.25, -0.2) is 14.6 Å². The SMILES string of the molecule is Nc1ncnc2c1c(OC(F)F)nn2[C@@H]1O[C@H](CO)C(O)[C@H]1O. The average molecular weight is 333 g/mol. The summed E-state index contributed by atoms with van der Waals surface area (Å²) in [6.45, 7) is -3.71. The molecule has 1 aliphatic rings. The normalized spacial score (nSPS) is 27.9. The van der Waals surface area contributed by atoms with Gasteiger partial charge in [0.25, 0.3) is 5.88 Å². The predicted molar refractivity (Wildman–Crippen MR) is 69.4 cm³/mol. The second kappa shape index (κ2) is 5.81. The summed E-state index contributed by atoms with van der Waals surface area (Å²) in [5.41, 5.74) is 5.61. The molecule has 5 N–H and O–H groups in total. The van der Waals surface area contributed by atoms with Crippen LogP contribution in [0.3, 0.4) is 0 Å². The van der Waals surface area contributed by atoms with E-state index in [4.69, 9.17) is 15.6 Å². The molecule has 0 aliphatic carbocycles. The van der Waals surface area contributed by atoms with E-state index in [1.54, 1.807) is 0 Å². The van der Waals surface area contributed by atoms with E-state index < -0.39 is 43.6 Å². The number of aliphatic hydroxyl groups is 3. The van der Waals surface area contributed by atoms with Gasteiger partial charge in [0.1, 0.15) is 35.8 Å². The summed E-state index contributed by atoms with van der Waals surface area (Å²) in [5, 5.41) is 32.6. The number of ether oxygens (including phenoxy) is 2. The highest BCUT2D eigenvalue weighted by Gasteiger charge is 2.45. The minimum atomic E-state index is -3.16. The van der Waals surface area contributed by atoms with E-state index in [-0.39, 0.29) is 16.9 Å². The quantitative estimate of drug-likeness (QED) is 0.531. The Labute approximate surface area is 127 Å². The lowest BCUT2D eigenvalue weighted by Gasteiger charge is -2.15. The molecular weight excluding hydrogens is 320 g/mol. The largest absolute Gasteiger partial charge is 0.414 e. The lowest BCUT2D eigenvalue weighted by atomic mass is 10.1. The molecule has 126 valence electrons. The van der Waals surface area contributed by atoms with Gasteiger partial charge in [0, 0.05) is 0 Å². The van der Waals surface area contributed by atoms with E-state index in [1.165, 1.54) is 0 Å². The zero-order chi connectivity index (χ0) is 16.7. The van der Waals surface area contributed by atoms with Crippen LogP contribution in [0.25, 0.3) is 11.0 Å². The van der Waals surface area contributed by atoms with Gasteiger partial charge in [0.15, 0.2) is 11.9 Å². The molecule has 0 bridgehead atoms. The smallest absolute Gasteiger partial charge is 0.388 e. The molecule has 23 heavy (non-hydrogen) atoms. The van der Waals surface area contributed by atoms with Crippen molar-refractivity contribution in [1.82, 2.24) is 19.7 Å². The van der Waals surface area contributed by atoms with E-state index in [2.05, 4.69) is 19.8 Å². The number of fused-ring (bicyclic) bond motifs is 1. The fraction of sp³-hybridized carbons (Fsp3) is 0.545. The Morgan fingerprint density at radius 2 is 2.09 bits per heavy atom. The van der Waals surface area contributed by atoms with Crippen LogP contribution in [0.15, 0.2) is 6.33 Å². The Hall–Kier alpha value is -2.15. The van der Waals surface area contributed by atoms with Crippen LogP contribution in [0.5, 0.6) is 5.88 Å². The number of hydrogen-bond acceptors (Lipinski definition) is 9. The van der Waals surface area contributed by atoms with Crippen molar-refractivity contribution in [3.05, 3.63) is 6.33 Å². The molecule has 3 heterocycles. The Balaban J connectivity index is 2.10. The summed E-state index contributed by atoms with van der Waals surface area (Å²) < 4.78 is 35.6. The number of nitrogen functional groups attached to an aromatic ring is 1. The maximum atomic E-state index is 12.5. The highest BCUT2D eigenvalue weighted by molar-refractivity contribution is 5.90. The summed E-state index contributed by atoms with van der Waals surface area (Å²) in [6, 6.07) is 0.